The van der Waals surface area contributed by atoms with Gasteiger partial charge in [-0.2, -0.15) is 0 Å². The lowest BCUT2D eigenvalue weighted by Crippen LogP contribution is -2.80. The van der Waals surface area contributed by atoms with E-state index in [4.69, 9.17) is 21.7 Å². The van der Waals surface area contributed by atoms with Crippen LogP contribution >= 0.6 is 47.5 Å². The fraction of sp³-hybridized carbons (Fsp3) is 0.196. The first-order chi connectivity index (χ1) is 29.8. The number of carbonyl (C=O) groups is 2. The van der Waals surface area contributed by atoms with E-state index in [9.17, 15) is 13.6 Å². The zero-order valence-electron chi connectivity index (χ0n) is 32.6. The van der Waals surface area contributed by atoms with Crippen LogP contribution in [0.25, 0.3) is 0 Å². The van der Waals surface area contributed by atoms with Crippen LogP contribution in [0.2, 0.25) is 0 Å². The number of rotatable bonds is 16. The third-order valence-corrected chi connectivity index (χ3v) is 15.1. The Morgan fingerprint density at radius 2 is 1.38 bits per heavy atom. The predicted molar refractivity (Wildman–Crippen MR) is 240 cm³/mol. The van der Waals surface area contributed by atoms with E-state index in [2.05, 4.69) is 57.1 Å². The Bertz CT molecular complexity index is 2340. The molecule has 61 heavy (non-hydrogen) atoms. The Kier molecular flexibility index (Phi) is 13.0. The molecule has 0 radical (unpaired) electrons. The van der Waals surface area contributed by atoms with Gasteiger partial charge in [0, 0.05) is 17.8 Å². The van der Waals surface area contributed by atoms with Crippen molar-refractivity contribution in [3.8, 4) is 0 Å². The number of benzene rings is 5. The highest BCUT2D eigenvalue weighted by Crippen LogP contribution is 2.57. The van der Waals surface area contributed by atoms with Gasteiger partial charge in [0.05, 0.1) is 27.6 Å². The first-order valence-electron chi connectivity index (χ1n) is 19.3. The van der Waals surface area contributed by atoms with Gasteiger partial charge < -0.3 is 14.8 Å². The molecule has 1 saturated heterocycles. The summed E-state index contributed by atoms with van der Waals surface area (Å²) in [5.74, 6) is -1.18. The number of methoxy groups -OCH3 is 1. The summed E-state index contributed by atoms with van der Waals surface area (Å²) in [5.41, 5.74) is 1.74. The molecule has 0 bridgehead atoms. The number of β-lactam (4-membered cyclic amide) rings is 1. The van der Waals surface area contributed by atoms with E-state index in [-0.39, 0.29) is 16.4 Å². The Hall–Kier alpha value is -5.32. The number of ether oxygens (including phenoxy) is 2. The molecule has 0 spiro atoms. The molecule has 2 aliphatic heterocycles. The number of hydrogen-bond donors (Lipinski definition) is 2. The smallest absolute Gasteiger partial charge is 0.356 e. The lowest BCUT2D eigenvalue weighted by molar-refractivity contribution is -0.188. The van der Waals surface area contributed by atoms with E-state index < -0.39 is 51.9 Å². The summed E-state index contributed by atoms with van der Waals surface area (Å²) in [5, 5.41) is 13.8. The van der Waals surface area contributed by atoms with Gasteiger partial charge in [0.1, 0.15) is 16.1 Å². The number of amides is 1. The Morgan fingerprint density at radius 3 is 1.84 bits per heavy atom. The number of H-pyrrole nitrogens is 1. The number of thioether (sulfide) groups is 3. The molecule has 3 atom stereocenters. The van der Waals surface area contributed by atoms with Gasteiger partial charge >= 0.3 is 5.97 Å². The summed E-state index contributed by atoms with van der Waals surface area (Å²) < 4.78 is 38.8. The van der Waals surface area contributed by atoms with Crippen molar-refractivity contribution in [2.45, 2.75) is 45.1 Å². The van der Waals surface area contributed by atoms with E-state index in [1.807, 2.05) is 115 Å². The van der Waals surface area contributed by atoms with E-state index in [0.717, 1.165) is 27.8 Å². The molecule has 2 N–H and O–H groups in total. The fourth-order valence-corrected chi connectivity index (χ4v) is 12.8. The zero-order chi connectivity index (χ0) is 42.4. The maximum absolute atomic E-state index is 15.2. The minimum Gasteiger partial charge on any atom is -0.448 e. The molecule has 3 heterocycles. The first kappa shape index (κ1) is 42.4. The normalized spacial score (nSPS) is 18.1. The maximum Gasteiger partial charge on any atom is 0.356 e. The number of aromatic amines is 1. The van der Waals surface area contributed by atoms with Crippen LogP contribution in [0.5, 0.6) is 0 Å². The average Bonchev–Trinajstić information content (AvgIpc) is 3.82. The van der Waals surface area contributed by atoms with Crippen LogP contribution < -0.4 is 5.32 Å². The SMILES string of the molecule is CO[C@@]1(NC(=S)CC(F)F)C(=O)N2C(C(=O)OC(c3ccccc3)c3ccccc3)=C(SC(Sc3c[nH]nn3)C(c3ccccc3)(c3ccccc3)c3ccccc3)CS[C@@H]21. The summed E-state index contributed by atoms with van der Waals surface area (Å²) in [6, 6.07) is 49.3. The first-order valence-corrected chi connectivity index (χ1v) is 22.5. The van der Waals surface area contributed by atoms with E-state index in [0.29, 0.717) is 9.93 Å². The van der Waals surface area contributed by atoms with Gasteiger partial charge in [0.15, 0.2) is 6.10 Å². The average molecular weight is 892 g/mol. The number of esters is 1. The van der Waals surface area contributed by atoms with Crippen LogP contribution in [0, 0.1) is 0 Å². The van der Waals surface area contributed by atoms with E-state index in [1.54, 1.807) is 6.20 Å². The topological polar surface area (TPSA) is 109 Å². The van der Waals surface area contributed by atoms with Crippen LogP contribution in [-0.4, -0.2) is 72.1 Å². The van der Waals surface area contributed by atoms with Crippen molar-refractivity contribution in [2.75, 3.05) is 12.9 Å². The second-order valence-corrected chi connectivity index (χ2v) is 18.3. The fourth-order valence-electron chi connectivity index (χ4n) is 7.78. The van der Waals surface area contributed by atoms with Crippen molar-refractivity contribution in [2.24, 2.45) is 0 Å². The molecule has 1 fully saturated rings. The third kappa shape index (κ3) is 8.37. The molecule has 1 aromatic heterocycles. The summed E-state index contributed by atoms with van der Waals surface area (Å²) in [6.07, 6.45) is -2.60. The number of thiocarbonyl (C=S) groups is 1. The van der Waals surface area contributed by atoms with Gasteiger partial charge in [-0.05, 0) is 27.8 Å². The number of carbonyl (C=O) groups excluding carboxylic acids is 2. The van der Waals surface area contributed by atoms with Crippen LogP contribution in [0.3, 0.4) is 0 Å². The Morgan fingerprint density at radius 1 is 0.869 bits per heavy atom. The highest BCUT2D eigenvalue weighted by atomic mass is 32.2. The summed E-state index contributed by atoms with van der Waals surface area (Å²) in [7, 11) is 1.32. The minimum absolute atomic E-state index is 0.0266. The Labute approximate surface area is 370 Å². The quantitative estimate of drug-likeness (QED) is 0.0242. The standard InChI is InChI=1S/C46H39F2N5O4S4/c1-56-46(50-37(58)27-36(47)48)42(55)53-39(41(54)57-40(30-17-7-2-8-18-30)31-19-9-3-10-20-31)35(29-59-43(46)53)60-44(61-38-28-49-52-51-38)45(32-21-11-4-12-22-32,33-23-13-5-14-24-33)34-25-15-6-16-26-34/h2-26,28,36,40,43-44H,27,29H2,1H3,(H,50,58)(H,49,51,52)/t43-,44?,46+/m1/s1. The Balaban J connectivity index is 1.31. The molecular weight excluding hydrogens is 853 g/mol. The molecule has 1 amide bonds. The molecule has 8 rings (SSSR count). The lowest BCUT2D eigenvalue weighted by atomic mass is 9.70. The van der Waals surface area contributed by atoms with Gasteiger partial charge in [-0.25, -0.2) is 13.6 Å². The lowest BCUT2D eigenvalue weighted by Gasteiger charge is -2.56. The molecular formula is C46H39F2N5O4S4. The molecule has 0 aliphatic carbocycles. The van der Waals surface area contributed by atoms with Crippen LogP contribution in [0.1, 0.15) is 40.3 Å². The van der Waals surface area contributed by atoms with Crippen LogP contribution in [0.15, 0.2) is 173 Å². The second kappa shape index (κ2) is 18.7. The van der Waals surface area contributed by atoms with Crippen LogP contribution in [0.4, 0.5) is 8.78 Å². The van der Waals surface area contributed by atoms with Crippen molar-refractivity contribution in [3.63, 3.8) is 0 Å². The van der Waals surface area contributed by atoms with Crippen LogP contribution in [-0.2, 0) is 24.5 Å². The van der Waals surface area contributed by atoms with Gasteiger partial charge in [-0.1, -0.05) is 181 Å². The number of halogens is 2. The third-order valence-electron chi connectivity index (χ3n) is 10.5. The van der Waals surface area contributed by atoms with Gasteiger partial charge in [0.25, 0.3) is 11.6 Å². The van der Waals surface area contributed by atoms with Gasteiger partial charge in [-0.3, -0.25) is 14.8 Å². The monoisotopic (exact) mass is 891 g/mol. The van der Waals surface area contributed by atoms with Crippen molar-refractivity contribution in [1.29, 1.82) is 0 Å². The highest BCUT2D eigenvalue weighted by Gasteiger charge is 2.67. The molecule has 0 saturated carbocycles. The van der Waals surface area contributed by atoms with Crippen molar-refractivity contribution < 1.29 is 27.8 Å². The summed E-state index contributed by atoms with van der Waals surface area (Å²) in [4.78, 5) is 31.6. The van der Waals surface area contributed by atoms with Crippen molar-refractivity contribution >= 4 is 64.4 Å². The highest BCUT2D eigenvalue weighted by molar-refractivity contribution is 8.19. The van der Waals surface area contributed by atoms with Gasteiger partial charge in [0.2, 0.25) is 6.43 Å². The molecule has 5 aromatic carbocycles. The summed E-state index contributed by atoms with van der Waals surface area (Å²) in [6.45, 7) is 0. The van der Waals surface area contributed by atoms with Crippen molar-refractivity contribution in [3.05, 3.63) is 196 Å². The molecule has 2 aliphatic rings. The minimum atomic E-state index is -2.74. The molecule has 9 nitrogen and oxygen atoms in total. The molecule has 15 heteroatoms. The van der Waals surface area contributed by atoms with E-state index in [1.165, 1.54) is 47.3 Å². The number of fused-ring (bicyclic) bond motifs is 1. The van der Waals surface area contributed by atoms with E-state index >= 15 is 4.79 Å². The zero-order valence-corrected chi connectivity index (χ0v) is 35.9. The van der Waals surface area contributed by atoms with Crippen molar-refractivity contribution in [1.82, 2.24) is 25.6 Å². The molecule has 1 unspecified atom stereocenters. The summed E-state index contributed by atoms with van der Waals surface area (Å²) >= 11 is 9.53. The number of aromatic nitrogens is 3. The predicted octanol–water partition coefficient (Wildman–Crippen LogP) is 9.37. The molecule has 310 valence electrons. The second-order valence-electron chi connectivity index (χ2n) is 14.1. The molecule has 6 aromatic rings. The number of nitrogens with zero attached hydrogens (tertiary/aromatic N) is 3. The number of nitrogens with one attached hydrogen (secondary N) is 2. The largest absolute Gasteiger partial charge is 0.448 e. The maximum atomic E-state index is 15.2. The number of alkyl halides is 2. The van der Waals surface area contributed by atoms with Gasteiger partial charge in [-0.15, -0.1) is 28.6 Å². The number of hydrogen-bond acceptors (Lipinski definition) is 10.